The highest BCUT2D eigenvalue weighted by Gasteiger charge is 2.33. The fourth-order valence-corrected chi connectivity index (χ4v) is 5.44. The minimum Gasteiger partial charge on any atom is -0.482 e. The lowest BCUT2D eigenvalue weighted by Crippen LogP contribution is -2.30. The number of fused-ring (bicyclic) bond motifs is 2. The van der Waals surface area contributed by atoms with Crippen LogP contribution in [-0.2, 0) is 9.59 Å². The highest BCUT2D eigenvalue weighted by Crippen LogP contribution is 2.34. The summed E-state index contributed by atoms with van der Waals surface area (Å²) < 4.78 is 7.25. The second-order valence-electron chi connectivity index (χ2n) is 9.16. The molecule has 2 amide bonds. The van der Waals surface area contributed by atoms with Gasteiger partial charge in [0.05, 0.1) is 22.8 Å². The van der Waals surface area contributed by atoms with Crippen LogP contribution in [0.4, 0.5) is 17.1 Å². The zero-order valence-corrected chi connectivity index (χ0v) is 22.0. The summed E-state index contributed by atoms with van der Waals surface area (Å²) in [5, 5.41) is 9.74. The number of ether oxygens (including phenoxy) is 1. The Morgan fingerprint density at radius 3 is 2.68 bits per heavy atom. The van der Waals surface area contributed by atoms with Crippen LogP contribution in [-0.4, -0.2) is 35.4 Å². The molecule has 0 atom stereocenters. The molecule has 4 aromatic rings. The van der Waals surface area contributed by atoms with Gasteiger partial charge in [0.15, 0.2) is 12.3 Å². The molecule has 0 aliphatic carbocycles. The van der Waals surface area contributed by atoms with Gasteiger partial charge in [0.2, 0.25) is 4.80 Å². The van der Waals surface area contributed by atoms with Gasteiger partial charge in [-0.25, -0.2) is 9.67 Å². The molecule has 0 bridgehead atoms. The number of benzene rings is 3. The van der Waals surface area contributed by atoms with E-state index >= 15 is 0 Å². The van der Waals surface area contributed by atoms with Crippen molar-refractivity contribution in [1.82, 2.24) is 4.68 Å². The van der Waals surface area contributed by atoms with Crippen LogP contribution in [0.25, 0.3) is 11.3 Å². The van der Waals surface area contributed by atoms with Crippen LogP contribution in [0, 0.1) is 13.8 Å². The Hall–Kier alpha value is -4.50. The van der Waals surface area contributed by atoms with E-state index in [1.165, 1.54) is 16.9 Å². The lowest BCUT2D eigenvalue weighted by molar-refractivity contribution is -0.118. The number of amides is 2. The van der Waals surface area contributed by atoms with Crippen molar-refractivity contribution >= 4 is 45.9 Å². The quantitative estimate of drug-likeness (QED) is 0.408. The Bertz CT molecular complexity index is 1720. The molecule has 0 unspecified atom stereocenters. The van der Waals surface area contributed by atoms with Crippen molar-refractivity contribution in [3.8, 4) is 17.0 Å². The molecule has 0 saturated carbocycles. The predicted molar refractivity (Wildman–Crippen MR) is 149 cm³/mol. The minimum atomic E-state index is -0.202. The van der Waals surface area contributed by atoms with Crippen molar-refractivity contribution in [1.29, 1.82) is 0 Å². The number of anilines is 2. The van der Waals surface area contributed by atoms with Gasteiger partial charge in [0.25, 0.3) is 11.8 Å². The molecule has 2 aliphatic heterocycles. The summed E-state index contributed by atoms with van der Waals surface area (Å²) in [5.41, 5.74) is 7.27. The molecule has 9 heteroatoms. The van der Waals surface area contributed by atoms with Crippen LogP contribution < -0.4 is 19.8 Å². The summed E-state index contributed by atoms with van der Waals surface area (Å²) in [4.78, 5) is 32.6. The summed E-state index contributed by atoms with van der Waals surface area (Å²) >= 11 is 1.43. The third-order valence-electron chi connectivity index (χ3n) is 6.72. The van der Waals surface area contributed by atoms with Crippen molar-refractivity contribution in [2.24, 2.45) is 10.1 Å². The molecule has 3 aromatic carbocycles. The molecule has 1 aromatic heterocycles. The Kier molecular flexibility index (Phi) is 5.92. The van der Waals surface area contributed by atoms with Gasteiger partial charge in [-0.15, -0.1) is 11.3 Å². The number of para-hydroxylation sites is 1. The third-order valence-corrected chi connectivity index (χ3v) is 7.54. The molecule has 2 aliphatic rings. The zero-order chi connectivity index (χ0) is 26.4. The molecule has 190 valence electrons. The highest BCUT2D eigenvalue weighted by atomic mass is 32.1. The lowest BCUT2D eigenvalue weighted by atomic mass is 10.1. The van der Waals surface area contributed by atoms with Gasteiger partial charge in [-0.3, -0.25) is 9.59 Å². The van der Waals surface area contributed by atoms with Crippen LogP contribution in [0.15, 0.2) is 76.1 Å². The van der Waals surface area contributed by atoms with Crippen molar-refractivity contribution in [3.05, 3.63) is 87.5 Å². The first-order chi connectivity index (χ1) is 18.4. The van der Waals surface area contributed by atoms with E-state index in [2.05, 4.69) is 19.2 Å². The van der Waals surface area contributed by atoms with Crippen molar-refractivity contribution in [2.45, 2.75) is 20.8 Å². The fourth-order valence-electron chi connectivity index (χ4n) is 4.59. The van der Waals surface area contributed by atoms with Gasteiger partial charge < -0.3 is 15.0 Å². The number of rotatable bonds is 4. The highest BCUT2D eigenvalue weighted by molar-refractivity contribution is 7.07. The topological polar surface area (TPSA) is 88.3 Å². The monoisotopic (exact) mass is 523 g/mol. The SMILES string of the molecule is CCN1C(=O)C(=Nn2c(-c3ccc4c(c3)NC(=O)CO4)csc2=Nc2ccc(C)c(C)c2)c2ccccc21. The first kappa shape index (κ1) is 23.9. The molecule has 8 nitrogen and oxygen atoms in total. The third kappa shape index (κ3) is 4.10. The van der Waals surface area contributed by atoms with Crippen LogP contribution in [0.5, 0.6) is 5.75 Å². The van der Waals surface area contributed by atoms with E-state index in [1.807, 2.05) is 73.0 Å². The van der Waals surface area contributed by atoms with Crippen molar-refractivity contribution < 1.29 is 14.3 Å². The van der Waals surface area contributed by atoms with Crippen LogP contribution in [0.1, 0.15) is 23.6 Å². The molecule has 3 heterocycles. The Morgan fingerprint density at radius 1 is 1.03 bits per heavy atom. The average molecular weight is 524 g/mol. The summed E-state index contributed by atoms with van der Waals surface area (Å²) in [5.74, 6) is 0.257. The maximum atomic E-state index is 13.4. The maximum Gasteiger partial charge on any atom is 0.279 e. The molecule has 0 radical (unpaired) electrons. The number of nitrogens with one attached hydrogen (secondary N) is 1. The zero-order valence-electron chi connectivity index (χ0n) is 21.2. The average Bonchev–Trinajstić information content (AvgIpc) is 3.43. The largest absolute Gasteiger partial charge is 0.482 e. The number of carbonyl (C=O) groups excluding carboxylic acids is 2. The van der Waals surface area contributed by atoms with E-state index in [4.69, 9.17) is 14.8 Å². The fraction of sp³-hybridized carbons (Fsp3) is 0.172. The second-order valence-corrected chi connectivity index (χ2v) is 10.00. The van der Waals surface area contributed by atoms with Crippen molar-refractivity contribution in [2.75, 3.05) is 23.4 Å². The number of nitrogens with zero attached hydrogens (tertiary/aromatic N) is 4. The molecule has 0 fully saturated rings. The predicted octanol–water partition coefficient (Wildman–Crippen LogP) is 5.02. The normalized spacial score (nSPS) is 15.9. The molecular weight excluding hydrogens is 498 g/mol. The summed E-state index contributed by atoms with van der Waals surface area (Å²) in [7, 11) is 0. The van der Waals surface area contributed by atoms with E-state index in [1.54, 1.807) is 9.58 Å². The number of hydrogen-bond donors (Lipinski definition) is 1. The number of likely N-dealkylation sites (N-methyl/N-ethyl adjacent to an activating group) is 1. The van der Waals surface area contributed by atoms with Gasteiger partial charge in [0.1, 0.15) is 5.75 Å². The van der Waals surface area contributed by atoms with Gasteiger partial charge in [-0.1, -0.05) is 24.3 Å². The summed E-state index contributed by atoms with van der Waals surface area (Å²) in [6.07, 6.45) is 0. The van der Waals surface area contributed by atoms with E-state index in [-0.39, 0.29) is 18.4 Å². The summed E-state index contributed by atoms with van der Waals surface area (Å²) in [6.45, 7) is 6.60. The van der Waals surface area contributed by atoms with Gasteiger partial charge in [-0.05, 0) is 68.3 Å². The minimum absolute atomic E-state index is 0.00705. The van der Waals surface area contributed by atoms with Gasteiger partial charge in [-0.2, -0.15) is 5.10 Å². The smallest absolute Gasteiger partial charge is 0.279 e. The Morgan fingerprint density at radius 2 is 1.87 bits per heavy atom. The van der Waals surface area contributed by atoms with E-state index < -0.39 is 0 Å². The van der Waals surface area contributed by atoms with Crippen LogP contribution in [0.3, 0.4) is 0 Å². The molecule has 6 rings (SSSR count). The number of thiazole rings is 1. The molecule has 0 saturated heterocycles. The number of aromatic nitrogens is 1. The van der Waals surface area contributed by atoms with E-state index in [0.717, 1.165) is 33.8 Å². The number of hydrogen-bond acceptors (Lipinski definition) is 6. The Labute approximate surface area is 223 Å². The van der Waals surface area contributed by atoms with E-state index in [0.29, 0.717) is 28.5 Å². The molecular formula is C29H25N5O3S. The van der Waals surface area contributed by atoms with E-state index in [9.17, 15) is 9.59 Å². The number of aryl methyl sites for hydroxylation is 2. The lowest BCUT2D eigenvalue weighted by Gasteiger charge is -2.18. The maximum absolute atomic E-state index is 13.4. The first-order valence-corrected chi connectivity index (χ1v) is 13.2. The molecule has 0 spiro atoms. The van der Waals surface area contributed by atoms with Crippen LogP contribution in [0.2, 0.25) is 0 Å². The van der Waals surface area contributed by atoms with Gasteiger partial charge >= 0.3 is 0 Å². The first-order valence-electron chi connectivity index (χ1n) is 12.3. The second kappa shape index (κ2) is 9.42. The van der Waals surface area contributed by atoms with Crippen molar-refractivity contribution in [3.63, 3.8) is 0 Å². The van der Waals surface area contributed by atoms with Crippen LogP contribution >= 0.6 is 11.3 Å². The molecule has 38 heavy (non-hydrogen) atoms. The molecule has 1 N–H and O–H groups in total. The standard InChI is InChI=1S/C29H25N5O3S/c1-4-33-23-8-6-5-7-21(23)27(28(33)36)32-34-24(19-10-12-25-22(14-19)31-26(35)15-37-25)16-38-29(34)30-20-11-9-17(2)18(3)13-20/h5-14,16H,4,15H2,1-3H3,(H,31,35). The summed E-state index contributed by atoms with van der Waals surface area (Å²) in [6, 6.07) is 19.3. The Balaban J connectivity index is 1.56. The van der Waals surface area contributed by atoms with Gasteiger partial charge in [0, 0.05) is 23.1 Å². The number of carbonyl (C=O) groups is 2.